The van der Waals surface area contributed by atoms with Crippen LogP contribution in [0, 0.1) is 0 Å². The number of alkyl halides is 2. The lowest BCUT2D eigenvalue weighted by atomic mass is 10.4. The second-order valence-corrected chi connectivity index (χ2v) is 5.86. The lowest BCUT2D eigenvalue weighted by Gasteiger charge is -2.08. The van der Waals surface area contributed by atoms with Crippen LogP contribution in [0.2, 0.25) is 0 Å². The van der Waals surface area contributed by atoms with Crippen molar-refractivity contribution in [1.82, 2.24) is 0 Å². The van der Waals surface area contributed by atoms with E-state index in [1.54, 1.807) is 24.3 Å². The van der Waals surface area contributed by atoms with Crippen LogP contribution < -0.4 is 10.6 Å². The Kier molecular flexibility index (Phi) is 3.63. The van der Waals surface area contributed by atoms with Gasteiger partial charge in [-0.2, -0.15) is 8.78 Å². The summed E-state index contributed by atoms with van der Waals surface area (Å²) in [7, 11) is -1.95. The molecule has 0 aliphatic rings. The van der Waals surface area contributed by atoms with Crippen molar-refractivity contribution >= 4 is 18.5 Å². The minimum atomic E-state index is -2.28. The summed E-state index contributed by atoms with van der Waals surface area (Å²) in [6, 6.07) is 18.1. The molecular weight excluding hydrogens is 225 g/mol. The van der Waals surface area contributed by atoms with E-state index >= 15 is 0 Å². The van der Waals surface area contributed by atoms with E-state index in [1.807, 2.05) is 36.4 Å². The first-order valence-corrected chi connectivity index (χ1v) is 6.62. The van der Waals surface area contributed by atoms with Gasteiger partial charge < -0.3 is 0 Å². The first-order chi connectivity index (χ1) is 7.79. The lowest BCUT2D eigenvalue weighted by Crippen LogP contribution is -2.16. The summed E-state index contributed by atoms with van der Waals surface area (Å²) >= 11 is 0. The first kappa shape index (κ1) is 11.2. The van der Waals surface area contributed by atoms with E-state index in [2.05, 4.69) is 0 Å². The molecule has 2 aromatic rings. The molecule has 0 aliphatic heterocycles. The summed E-state index contributed by atoms with van der Waals surface area (Å²) < 4.78 is 26.2. The molecule has 0 fully saturated rings. The molecule has 0 saturated carbocycles. The zero-order chi connectivity index (χ0) is 11.4. The van der Waals surface area contributed by atoms with Crippen molar-refractivity contribution in [2.75, 3.05) is 0 Å². The zero-order valence-electron chi connectivity index (χ0n) is 8.61. The second kappa shape index (κ2) is 5.18. The maximum Gasteiger partial charge on any atom is 0.351 e. The Morgan fingerprint density at radius 1 is 0.688 bits per heavy atom. The van der Waals surface area contributed by atoms with Crippen molar-refractivity contribution in [2.45, 2.75) is 6.17 Å². The molecule has 3 heteroatoms. The molecule has 0 heterocycles. The predicted molar refractivity (Wildman–Crippen MR) is 66.5 cm³/mol. The SMILES string of the molecule is FC(F)[PH+](c1ccccc1)c1ccccc1. The van der Waals surface area contributed by atoms with Crippen LogP contribution in [0.25, 0.3) is 0 Å². The van der Waals surface area contributed by atoms with Gasteiger partial charge in [0.25, 0.3) is 0 Å². The summed E-state index contributed by atoms with van der Waals surface area (Å²) in [6.07, 6.45) is -2.28. The van der Waals surface area contributed by atoms with Crippen LogP contribution in [0.15, 0.2) is 60.7 Å². The van der Waals surface area contributed by atoms with Gasteiger partial charge in [0, 0.05) is 0 Å². The number of rotatable bonds is 3. The summed E-state index contributed by atoms with van der Waals surface area (Å²) in [5.41, 5.74) is 0. The Morgan fingerprint density at radius 2 is 1.06 bits per heavy atom. The fourth-order valence-corrected chi connectivity index (χ4v) is 3.59. The molecule has 2 aromatic carbocycles. The second-order valence-electron chi connectivity index (χ2n) is 3.45. The highest BCUT2D eigenvalue weighted by atomic mass is 31.1. The maximum atomic E-state index is 13.1. The van der Waals surface area contributed by atoms with Gasteiger partial charge in [-0.1, -0.05) is 36.4 Å². The van der Waals surface area contributed by atoms with E-state index in [9.17, 15) is 8.78 Å². The molecule has 0 bridgehead atoms. The van der Waals surface area contributed by atoms with E-state index in [-0.39, 0.29) is 0 Å². The summed E-state index contributed by atoms with van der Waals surface area (Å²) in [6.45, 7) is 0. The number of hydrogen-bond donors (Lipinski definition) is 0. The van der Waals surface area contributed by atoms with Gasteiger partial charge in [0.1, 0.15) is 18.5 Å². The van der Waals surface area contributed by atoms with Crippen LogP contribution in [-0.4, -0.2) is 6.17 Å². The molecule has 0 atom stereocenters. The van der Waals surface area contributed by atoms with Crippen molar-refractivity contribution in [3.63, 3.8) is 0 Å². The van der Waals surface area contributed by atoms with Crippen molar-refractivity contribution < 1.29 is 8.78 Å². The summed E-state index contributed by atoms with van der Waals surface area (Å²) in [5.74, 6) is 0. The van der Waals surface area contributed by atoms with E-state index in [4.69, 9.17) is 0 Å². The standard InChI is InChI=1S/C13H11F2P/c14-13(15)16(11-7-3-1-4-8-11)12-9-5-2-6-10-12/h1-10,13H/p+1. The normalized spacial score (nSPS) is 11.0. The number of benzene rings is 2. The Bertz CT molecular complexity index is 389. The average molecular weight is 237 g/mol. The summed E-state index contributed by atoms with van der Waals surface area (Å²) in [5, 5.41) is 1.52. The zero-order valence-corrected chi connectivity index (χ0v) is 9.61. The molecule has 2 rings (SSSR count). The third-order valence-corrected chi connectivity index (χ3v) is 4.73. The van der Waals surface area contributed by atoms with Gasteiger partial charge in [-0.25, -0.2) is 0 Å². The third kappa shape index (κ3) is 2.45. The highest BCUT2D eigenvalue weighted by molar-refractivity contribution is 7.73. The Balaban J connectivity index is 2.40. The highest BCUT2D eigenvalue weighted by Crippen LogP contribution is 2.40. The predicted octanol–water partition coefficient (Wildman–Crippen LogP) is 3.07. The van der Waals surface area contributed by atoms with Crippen LogP contribution in [-0.2, 0) is 0 Å². The lowest BCUT2D eigenvalue weighted by molar-refractivity contribution is 0.247. The minimum Gasteiger partial charge on any atom is -0.169 e. The fourth-order valence-electron chi connectivity index (χ4n) is 1.65. The molecule has 0 unspecified atom stereocenters. The van der Waals surface area contributed by atoms with Crippen molar-refractivity contribution in [3.8, 4) is 0 Å². The molecule has 0 aliphatic carbocycles. The maximum absolute atomic E-state index is 13.1. The highest BCUT2D eigenvalue weighted by Gasteiger charge is 2.32. The van der Waals surface area contributed by atoms with Gasteiger partial charge in [-0.3, -0.25) is 0 Å². The molecule has 82 valence electrons. The first-order valence-electron chi connectivity index (χ1n) is 5.05. The molecular formula is C13H12F2P+. The smallest absolute Gasteiger partial charge is 0.169 e. The van der Waals surface area contributed by atoms with Gasteiger partial charge in [-0.05, 0) is 24.3 Å². The van der Waals surface area contributed by atoms with Gasteiger partial charge in [0.15, 0.2) is 0 Å². The largest absolute Gasteiger partial charge is 0.351 e. The van der Waals surface area contributed by atoms with Crippen LogP contribution >= 0.6 is 7.92 Å². The monoisotopic (exact) mass is 237 g/mol. The topological polar surface area (TPSA) is 0 Å². The molecule has 0 radical (unpaired) electrons. The molecule has 0 amide bonds. The average Bonchev–Trinajstić information content (AvgIpc) is 2.31. The molecule has 0 spiro atoms. The number of halogens is 2. The van der Waals surface area contributed by atoms with Gasteiger partial charge in [0.2, 0.25) is 0 Å². The van der Waals surface area contributed by atoms with Crippen LogP contribution in [0.4, 0.5) is 8.78 Å². The van der Waals surface area contributed by atoms with Crippen molar-refractivity contribution in [1.29, 1.82) is 0 Å². The van der Waals surface area contributed by atoms with E-state index in [0.717, 1.165) is 10.6 Å². The number of hydrogen-bond acceptors (Lipinski definition) is 0. The van der Waals surface area contributed by atoms with E-state index in [0.29, 0.717) is 0 Å². The molecule has 0 saturated heterocycles. The minimum absolute atomic E-state index is 0.758. The van der Waals surface area contributed by atoms with Gasteiger partial charge in [-0.15, -0.1) is 0 Å². The molecule has 0 N–H and O–H groups in total. The van der Waals surface area contributed by atoms with E-state index < -0.39 is 14.1 Å². The quantitative estimate of drug-likeness (QED) is 0.720. The summed E-state index contributed by atoms with van der Waals surface area (Å²) in [4.78, 5) is 0. The molecule has 0 aromatic heterocycles. The van der Waals surface area contributed by atoms with Crippen LogP contribution in [0.1, 0.15) is 0 Å². The molecule has 0 nitrogen and oxygen atoms in total. The Hall–Kier alpha value is -1.27. The van der Waals surface area contributed by atoms with Crippen molar-refractivity contribution in [2.24, 2.45) is 0 Å². The van der Waals surface area contributed by atoms with Crippen molar-refractivity contribution in [3.05, 3.63) is 60.7 Å². The molecule has 16 heavy (non-hydrogen) atoms. The third-order valence-electron chi connectivity index (χ3n) is 2.39. The van der Waals surface area contributed by atoms with E-state index in [1.165, 1.54) is 0 Å². The Morgan fingerprint density at radius 3 is 1.38 bits per heavy atom. The van der Waals surface area contributed by atoms with Gasteiger partial charge >= 0.3 is 6.17 Å². The van der Waals surface area contributed by atoms with Crippen LogP contribution in [0.5, 0.6) is 0 Å². The Labute approximate surface area is 94.7 Å². The fraction of sp³-hybridized carbons (Fsp3) is 0.0769. The van der Waals surface area contributed by atoms with Crippen LogP contribution in [0.3, 0.4) is 0 Å². The van der Waals surface area contributed by atoms with Gasteiger partial charge in [0.05, 0.1) is 0 Å².